The topological polar surface area (TPSA) is 43.4 Å². The monoisotopic (exact) mass is 240 g/mol. The summed E-state index contributed by atoms with van der Waals surface area (Å²) in [6.07, 6.45) is 0.733. The van der Waals surface area contributed by atoms with E-state index in [1.807, 2.05) is 6.92 Å². The summed E-state index contributed by atoms with van der Waals surface area (Å²) in [6, 6.07) is 6.15. The van der Waals surface area contributed by atoms with E-state index in [1.54, 1.807) is 19.1 Å². The van der Waals surface area contributed by atoms with Crippen LogP contribution in [0.3, 0.4) is 0 Å². The number of halogens is 1. The van der Waals surface area contributed by atoms with Gasteiger partial charge in [-0.2, -0.15) is 0 Å². The second-order valence-electron chi connectivity index (χ2n) is 3.53. The van der Waals surface area contributed by atoms with E-state index in [0.717, 1.165) is 6.42 Å². The van der Waals surface area contributed by atoms with Crippen molar-refractivity contribution >= 4 is 22.8 Å². The molecule has 0 N–H and O–H groups in total. The summed E-state index contributed by atoms with van der Waals surface area (Å²) < 4.78 is 5.11. The number of rotatable bonds is 4. The van der Waals surface area contributed by atoms with Gasteiger partial charge in [0.05, 0.1) is 5.92 Å². The van der Waals surface area contributed by atoms with Gasteiger partial charge >= 0.3 is 5.97 Å². The zero-order valence-corrected chi connectivity index (χ0v) is 9.95. The first-order valence-corrected chi connectivity index (χ1v) is 5.44. The summed E-state index contributed by atoms with van der Waals surface area (Å²) in [4.78, 5) is 22.2. The van der Waals surface area contributed by atoms with Crippen LogP contribution in [0.1, 0.15) is 30.6 Å². The van der Waals surface area contributed by atoms with Crippen LogP contribution in [0.15, 0.2) is 24.3 Å². The van der Waals surface area contributed by atoms with Crippen LogP contribution in [-0.2, 0) is 4.79 Å². The van der Waals surface area contributed by atoms with E-state index in [2.05, 4.69) is 0 Å². The van der Waals surface area contributed by atoms with Crippen molar-refractivity contribution in [3.63, 3.8) is 0 Å². The van der Waals surface area contributed by atoms with Crippen molar-refractivity contribution in [1.29, 1.82) is 0 Å². The molecule has 0 aliphatic heterocycles. The molecule has 0 unspecified atom stereocenters. The summed E-state index contributed by atoms with van der Waals surface area (Å²) in [7, 11) is 0. The van der Waals surface area contributed by atoms with Crippen molar-refractivity contribution < 1.29 is 14.3 Å². The van der Waals surface area contributed by atoms with Gasteiger partial charge in [0.15, 0.2) is 0 Å². The first-order chi connectivity index (χ1) is 7.54. The molecule has 0 saturated heterocycles. The molecule has 1 aromatic rings. The lowest BCUT2D eigenvalue weighted by Crippen LogP contribution is -2.16. The third-order valence-electron chi connectivity index (χ3n) is 2.31. The highest BCUT2D eigenvalue weighted by Crippen LogP contribution is 2.15. The molecule has 4 heteroatoms. The Morgan fingerprint density at radius 2 is 1.88 bits per heavy atom. The summed E-state index contributed by atoms with van der Waals surface area (Å²) in [5, 5.41) is -0.528. The maximum Gasteiger partial charge on any atom is 0.314 e. The Labute approximate surface area is 99.4 Å². The van der Waals surface area contributed by atoms with Gasteiger partial charge in [-0.05, 0) is 42.3 Å². The van der Waals surface area contributed by atoms with Crippen LogP contribution in [0.25, 0.3) is 0 Å². The molecule has 0 bridgehead atoms. The lowest BCUT2D eigenvalue weighted by atomic mass is 10.1. The molecule has 0 heterocycles. The predicted octanol–water partition coefficient (Wildman–Crippen LogP) is 3.02. The number of hydrogen-bond donors (Lipinski definition) is 0. The average molecular weight is 241 g/mol. The van der Waals surface area contributed by atoms with Crippen LogP contribution >= 0.6 is 11.6 Å². The molecule has 86 valence electrons. The minimum absolute atomic E-state index is 0.130. The van der Waals surface area contributed by atoms with Gasteiger partial charge in [0.2, 0.25) is 0 Å². The number of ether oxygens (including phenoxy) is 1. The van der Waals surface area contributed by atoms with Crippen LogP contribution in [0.4, 0.5) is 0 Å². The van der Waals surface area contributed by atoms with Gasteiger partial charge in [-0.15, -0.1) is 0 Å². The molecule has 0 amide bonds. The minimum Gasteiger partial charge on any atom is -0.426 e. The number of benzene rings is 1. The van der Waals surface area contributed by atoms with Crippen LogP contribution < -0.4 is 4.74 Å². The van der Waals surface area contributed by atoms with E-state index >= 15 is 0 Å². The van der Waals surface area contributed by atoms with Crippen molar-refractivity contribution in [3.8, 4) is 5.75 Å². The van der Waals surface area contributed by atoms with Crippen LogP contribution in [0.2, 0.25) is 0 Å². The van der Waals surface area contributed by atoms with Crippen molar-refractivity contribution in [3.05, 3.63) is 29.8 Å². The molecule has 0 aliphatic rings. The van der Waals surface area contributed by atoms with E-state index in [0.29, 0.717) is 11.3 Å². The molecule has 0 saturated carbocycles. The number of esters is 1. The lowest BCUT2D eigenvalue weighted by Gasteiger charge is -2.08. The van der Waals surface area contributed by atoms with Gasteiger partial charge in [-0.25, -0.2) is 0 Å². The van der Waals surface area contributed by atoms with Gasteiger partial charge < -0.3 is 4.74 Å². The SMILES string of the molecule is CC[C@H](C)C(=O)Oc1ccc(C(=O)Cl)cc1. The Bertz CT molecular complexity index is 384. The van der Waals surface area contributed by atoms with Gasteiger partial charge in [-0.1, -0.05) is 13.8 Å². The highest BCUT2D eigenvalue weighted by molar-refractivity contribution is 6.67. The van der Waals surface area contributed by atoms with E-state index in [9.17, 15) is 9.59 Å². The van der Waals surface area contributed by atoms with Crippen LogP contribution in [-0.4, -0.2) is 11.2 Å². The fourth-order valence-corrected chi connectivity index (χ4v) is 1.16. The van der Waals surface area contributed by atoms with Crippen LogP contribution in [0.5, 0.6) is 5.75 Å². The Morgan fingerprint density at radius 3 is 2.31 bits per heavy atom. The Balaban J connectivity index is 2.69. The highest BCUT2D eigenvalue weighted by Gasteiger charge is 2.13. The average Bonchev–Trinajstić information content (AvgIpc) is 2.28. The summed E-state index contributed by atoms with van der Waals surface area (Å²) >= 11 is 5.29. The Morgan fingerprint density at radius 1 is 1.31 bits per heavy atom. The largest absolute Gasteiger partial charge is 0.426 e. The Kier molecular flexibility index (Phi) is 4.50. The van der Waals surface area contributed by atoms with Crippen molar-refractivity contribution in [1.82, 2.24) is 0 Å². The first kappa shape index (κ1) is 12.7. The van der Waals surface area contributed by atoms with Crippen molar-refractivity contribution in [2.75, 3.05) is 0 Å². The number of hydrogen-bond acceptors (Lipinski definition) is 3. The number of carbonyl (C=O) groups is 2. The maximum atomic E-state index is 11.4. The quantitative estimate of drug-likeness (QED) is 0.462. The molecular weight excluding hydrogens is 228 g/mol. The maximum absolute atomic E-state index is 11.4. The minimum atomic E-state index is -0.528. The second-order valence-corrected chi connectivity index (χ2v) is 3.87. The number of carbonyl (C=O) groups excluding carboxylic acids is 2. The molecule has 0 aliphatic carbocycles. The Hall–Kier alpha value is -1.35. The molecular formula is C12H13ClO3. The van der Waals surface area contributed by atoms with Gasteiger partial charge in [-0.3, -0.25) is 9.59 Å². The zero-order chi connectivity index (χ0) is 12.1. The fourth-order valence-electron chi connectivity index (χ4n) is 1.04. The third-order valence-corrected chi connectivity index (χ3v) is 2.53. The normalized spacial score (nSPS) is 11.9. The van der Waals surface area contributed by atoms with E-state index < -0.39 is 5.24 Å². The molecule has 0 fully saturated rings. The van der Waals surface area contributed by atoms with Crippen molar-refractivity contribution in [2.24, 2.45) is 5.92 Å². The van der Waals surface area contributed by atoms with Gasteiger partial charge in [0.25, 0.3) is 5.24 Å². The van der Waals surface area contributed by atoms with E-state index in [-0.39, 0.29) is 11.9 Å². The van der Waals surface area contributed by atoms with E-state index in [4.69, 9.17) is 16.3 Å². The first-order valence-electron chi connectivity index (χ1n) is 5.06. The van der Waals surface area contributed by atoms with Crippen LogP contribution in [0, 0.1) is 5.92 Å². The second kappa shape index (κ2) is 5.66. The molecule has 3 nitrogen and oxygen atoms in total. The molecule has 0 radical (unpaired) electrons. The van der Waals surface area contributed by atoms with Gasteiger partial charge in [0, 0.05) is 5.56 Å². The zero-order valence-electron chi connectivity index (χ0n) is 9.20. The van der Waals surface area contributed by atoms with E-state index in [1.165, 1.54) is 12.1 Å². The summed E-state index contributed by atoms with van der Waals surface area (Å²) in [6.45, 7) is 3.72. The smallest absolute Gasteiger partial charge is 0.314 e. The molecule has 0 aromatic heterocycles. The highest BCUT2D eigenvalue weighted by atomic mass is 35.5. The molecule has 1 atom stereocenters. The lowest BCUT2D eigenvalue weighted by molar-refractivity contribution is -0.138. The molecule has 1 rings (SSSR count). The standard InChI is InChI=1S/C12H13ClO3/c1-3-8(2)12(15)16-10-6-4-9(5-7-10)11(13)14/h4-8H,3H2,1-2H3/t8-/m0/s1. The summed E-state index contributed by atoms with van der Waals surface area (Å²) in [5.74, 6) is 0.0220. The third kappa shape index (κ3) is 3.35. The predicted molar refractivity (Wildman–Crippen MR) is 61.7 cm³/mol. The fraction of sp³-hybridized carbons (Fsp3) is 0.333. The van der Waals surface area contributed by atoms with Crippen molar-refractivity contribution in [2.45, 2.75) is 20.3 Å². The summed E-state index contributed by atoms with van der Waals surface area (Å²) in [5.41, 5.74) is 0.380. The molecule has 16 heavy (non-hydrogen) atoms. The van der Waals surface area contributed by atoms with Gasteiger partial charge in [0.1, 0.15) is 5.75 Å². The molecule has 0 spiro atoms. The molecule has 1 aromatic carbocycles.